The van der Waals surface area contributed by atoms with Gasteiger partial charge in [0, 0.05) is 12.2 Å². The number of pyridine rings is 1. The summed E-state index contributed by atoms with van der Waals surface area (Å²) in [4.78, 5) is 28.1. The summed E-state index contributed by atoms with van der Waals surface area (Å²) in [6.45, 7) is 0.797. The molecule has 2 aromatic heterocycles. The lowest BCUT2D eigenvalue weighted by atomic mass is 10.1. The molecule has 1 saturated heterocycles. The molecule has 0 radical (unpaired) electrons. The molecule has 3 rings (SSSR count). The van der Waals surface area contributed by atoms with Crippen LogP contribution in [-0.4, -0.2) is 46.2 Å². The highest BCUT2D eigenvalue weighted by Gasteiger charge is 2.43. The molecule has 25 heavy (non-hydrogen) atoms. The first-order valence-corrected chi connectivity index (χ1v) is 7.81. The van der Waals surface area contributed by atoms with Crippen LogP contribution in [0.25, 0.3) is 11.2 Å². The first kappa shape index (κ1) is 17.3. The van der Waals surface area contributed by atoms with Gasteiger partial charge in [0.15, 0.2) is 11.5 Å². The number of rotatable bonds is 4. The standard InChI is InChI=1S/C15H16F3N5O2/c16-15(17,18)14(24)25-23(9-10-4-1-2-6-19-10)12-8-21-11-5-3-7-20-13(11)22-12/h3,5,7-8,10,19H,1-2,4,6,9H2. The molecule has 134 valence electrons. The van der Waals surface area contributed by atoms with E-state index in [0.29, 0.717) is 5.52 Å². The van der Waals surface area contributed by atoms with Crippen molar-refractivity contribution in [3.8, 4) is 0 Å². The van der Waals surface area contributed by atoms with Gasteiger partial charge in [0.1, 0.15) is 5.52 Å². The maximum Gasteiger partial charge on any atom is 0.493 e. The largest absolute Gasteiger partial charge is 0.493 e. The lowest BCUT2D eigenvalue weighted by Gasteiger charge is -2.29. The Morgan fingerprint density at radius 2 is 2.20 bits per heavy atom. The number of carbonyl (C=O) groups excluding carboxylic acids is 1. The third kappa shape index (κ3) is 4.32. The fraction of sp³-hybridized carbons (Fsp3) is 0.467. The minimum Gasteiger partial charge on any atom is -0.331 e. The van der Waals surface area contributed by atoms with E-state index in [1.807, 2.05) is 0 Å². The van der Waals surface area contributed by atoms with Gasteiger partial charge in [-0.3, -0.25) is 0 Å². The average molecular weight is 355 g/mol. The zero-order chi connectivity index (χ0) is 17.9. The molecule has 0 spiro atoms. The molecular weight excluding hydrogens is 339 g/mol. The quantitative estimate of drug-likeness (QED) is 0.840. The van der Waals surface area contributed by atoms with Crippen LogP contribution in [0.3, 0.4) is 0 Å². The number of piperidine rings is 1. The van der Waals surface area contributed by atoms with Gasteiger partial charge in [-0.05, 0) is 31.5 Å². The maximum atomic E-state index is 12.6. The van der Waals surface area contributed by atoms with Crippen LogP contribution in [0.15, 0.2) is 24.5 Å². The van der Waals surface area contributed by atoms with E-state index in [0.717, 1.165) is 30.9 Å². The topological polar surface area (TPSA) is 80.2 Å². The normalized spacial score (nSPS) is 18.1. The minimum atomic E-state index is -5.10. The van der Waals surface area contributed by atoms with Gasteiger partial charge in [-0.15, -0.1) is 0 Å². The summed E-state index contributed by atoms with van der Waals surface area (Å²) < 4.78 is 37.8. The maximum absolute atomic E-state index is 12.6. The number of carbonyl (C=O) groups is 1. The van der Waals surface area contributed by atoms with Crippen molar-refractivity contribution in [2.75, 3.05) is 18.2 Å². The smallest absolute Gasteiger partial charge is 0.331 e. The van der Waals surface area contributed by atoms with Gasteiger partial charge in [-0.25, -0.2) is 19.7 Å². The van der Waals surface area contributed by atoms with E-state index in [1.54, 1.807) is 12.1 Å². The van der Waals surface area contributed by atoms with Gasteiger partial charge in [0.05, 0.1) is 12.7 Å². The molecule has 0 saturated carbocycles. The number of anilines is 1. The first-order chi connectivity index (χ1) is 11.9. The molecular formula is C15H16F3N5O2. The van der Waals surface area contributed by atoms with Gasteiger partial charge < -0.3 is 10.2 Å². The van der Waals surface area contributed by atoms with Crippen molar-refractivity contribution in [2.24, 2.45) is 0 Å². The van der Waals surface area contributed by atoms with Crippen molar-refractivity contribution >= 4 is 23.0 Å². The first-order valence-electron chi connectivity index (χ1n) is 7.81. The Hall–Kier alpha value is -2.49. The van der Waals surface area contributed by atoms with Crippen molar-refractivity contribution in [2.45, 2.75) is 31.5 Å². The number of alkyl halides is 3. The second-order valence-electron chi connectivity index (χ2n) is 5.66. The van der Waals surface area contributed by atoms with Crippen LogP contribution in [0.4, 0.5) is 19.0 Å². The third-order valence-electron chi connectivity index (χ3n) is 3.78. The highest BCUT2D eigenvalue weighted by atomic mass is 19.4. The van der Waals surface area contributed by atoms with Crippen molar-refractivity contribution < 1.29 is 22.8 Å². The second-order valence-corrected chi connectivity index (χ2v) is 5.66. The summed E-state index contributed by atoms with van der Waals surface area (Å²) in [5, 5.41) is 4.02. The lowest BCUT2D eigenvalue weighted by Crippen LogP contribution is -2.46. The molecule has 1 fully saturated rings. The van der Waals surface area contributed by atoms with Crippen LogP contribution < -0.4 is 10.4 Å². The number of hydroxylamine groups is 1. The van der Waals surface area contributed by atoms with E-state index in [2.05, 4.69) is 25.1 Å². The van der Waals surface area contributed by atoms with E-state index < -0.39 is 12.1 Å². The van der Waals surface area contributed by atoms with Crippen LogP contribution in [0, 0.1) is 0 Å². The van der Waals surface area contributed by atoms with Crippen molar-refractivity contribution in [3.63, 3.8) is 0 Å². The van der Waals surface area contributed by atoms with Gasteiger partial charge in [-0.2, -0.15) is 18.2 Å². The van der Waals surface area contributed by atoms with Crippen molar-refractivity contribution in [1.82, 2.24) is 20.3 Å². The van der Waals surface area contributed by atoms with Gasteiger partial charge in [0.2, 0.25) is 0 Å². The highest BCUT2D eigenvalue weighted by Crippen LogP contribution is 2.22. The number of nitrogens with zero attached hydrogens (tertiary/aromatic N) is 4. The molecule has 0 amide bonds. The predicted octanol–water partition coefficient (Wildman–Crippen LogP) is 1.99. The Morgan fingerprint density at radius 1 is 1.36 bits per heavy atom. The van der Waals surface area contributed by atoms with Gasteiger partial charge >= 0.3 is 12.1 Å². The number of fused-ring (bicyclic) bond motifs is 1. The van der Waals surface area contributed by atoms with Gasteiger partial charge in [0.25, 0.3) is 0 Å². The van der Waals surface area contributed by atoms with Crippen LogP contribution >= 0.6 is 0 Å². The number of nitrogens with one attached hydrogen (secondary N) is 1. The van der Waals surface area contributed by atoms with Crippen molar-refractivity contribution in [1.29, 1.82) is 0 Å². The molecule has 0 bridgehead atoms. The Bertz CT molecular complexity index is 749. The van der Waals surface area contributed by atoms with Crippen LogP contribution in [0.1, 0.15) is 19.3 Å². The minimum absolute atomic E-state index is 0.00354. The Balaban J connectivity index is 1.86. The summed E-state index contributed by atoms with van der Waals surface area (Å²) in [7, 11) is 0. The molecule has 0 aliphatic carbocycles. The van der Waals surface area contributed by atoms with E-state index in [9.17, 15) is 18.0 Å². The molecule has 10 heteroatoms. The SMILES string of the molecule is O=C(ON(CC1CCCCN1)c1cnc2cccnc2n1)C(F)(F)F. The molecule has 1 aliphatic rings. The number of aromatic nitrogens is 3. The summed E-state index contributed by atoms with van der Waals surface area (Å²) in [5.41, 5.74) is 0.744. The third-order valence-corrected chi connectivity index (χ3v) is 3.78. The molecule has 7 nitrogen and oxygen atoms in total. The molecule has 1 unspecified atom stereocenters. The van der Waals surface area contributed by atoms with E-state index in [-0.39, 0.29) is 24.1 Å². The zero-order valence-corrected chi connectivity index (χ0v) is 13.2. The van der Waals surface area contributed by atoms with E-state index in [4.69, 9.17) is 0 Å². The van der Waals surface area contributed by atoms with Crippen LogP contribution in [0.2, 0.25) is 0 Å². The van der Waals surface area contributed by atoms with E-state index >= 15 is 0 Å². The predicted molar refractivity (Wildman–Crippen MR) is 82.5 cm³/mol. The molecule has 1 aliphatic heterocycles. The molecule has 1 atom stereocenters. The fourth-order valence-electron chi connectivity index (χ4n) is 2.57. The van der Waals surface area contributed by atoms with Crippen LogP contribution in [-0.2, 0) is 9.63 Å². The fourth-order valence-corrected chi connectivity index (χ4v) is 2.57. The number of halogens is 3. The highest BCUT2D eigenvalue weighted by molar-refractivity contribution is 5.77. The summed E-state index contributed by atoms with van der Waals surface area (Å²) in [6.07, 6.45) is 0.369. The van der Waals surface area contributed by atoms with E-state index in [1.165, 1.54) is 12.4 Å². The molecule has 2 aromatic rings. The average Bonchev–Trinajstić information content (AvgIpc) is 2.61. The Morgan fingerprint density at radius 3 is 2.92 bits per heavy atom. The number of hydrogen-bond acceptors (Lipinski definition) is 7. The summed E-state index contributed by atoms with van der Waals surface area (Å²) in [6, 6.07) is 3.23. The lowest BCUT2D eigenvalue weighted by molar-refractivity contribution is -0.201. The Labute approximate surface area is 141 Å². The number of hydrogen-bond donors (Lipinski definition) is 1. The monoisotopic (exact) mass is 355 g/mol. The molecule has 1 N–H and O–H groups in total. The Kier molecular flexibility index (Phi) is 4.98. The zero-order valence-electron chi connectivity index (χ0n) is 13.2. The summed E-state index contributed by atoms with van der Waals surface area (Å²) >= 11 is 0. The molecule has 3 heterocycles. The summed E-state index contributed by atoms with van der Waals surface area (Å²) in [5.74, 6) is -2.30. The molecule has 0 aromatic carbocycles. The van der Waals surface area contributed by atoms with Crippen LogP contribution in [0.5, 0.6) is 0 Å². The van der Waals surface area contributed by atoms with Crippen molar-refractivity contribution in [3.05, 3.63) is 24.5 Å². The van der Waals surface area contributed by atoms with Gasteiger partial charge in [-0.1, -0.05) is 6.42 Å². The second kappa shape index (κ2) is 7.18.